The quantitative estimate of drug-likeness (QED) is 0.479. The Morgan fingerprint density at radius 2 is 2.03 bits per heavy atom. The lowest BCUT2D eigenvalue weighted by molar-refractivity contribution is 0.340. The maximum Gasteiger partial charge on any atom is 0.146 e. The van der Waals surface area contributed by atoms with Crippen molar-refractivity contribution in [2.45, 2.75) is 40.3 Å². The summed E-state index contributed by atoms with van der Waals surface area (Å²) in [6.45, 7) is 9.38. The van der Waals surface area contributed by atoms with Gasteiger partial charge in [0.15, 0.2) is 0 Å². The van der Waals surface area contributed by atoms with Gasteiger partial charge in [0.25, 0.3) is 0 Å². The molecular weight excluding hydrogens is 376 g/mol. The summed E-state index contributed by atoms with van der Waals surface area (Å²) in [4.78, 5) is 13.6. The Morgan fingerprint density at radius 3 is 2.77 bits per heavy atom. The molecule has 4 aromatic rings. The molecule has 0 bridgehead atoms. The Hall–Kier alpha value is -3.48. The molecule has 0 saturated heterocycles. The Labute approximate surface area is 176 Å². The smallest absolute Gasteiger partial charge is 0.146 e. The minimum atomic E-state index is 0.212. The molecule has 0 atom stereocenters. The lowest BCUT2D eigenvalue weighted by Gasteiger charge is -2.15. The number of rotatable bonds is 7. The fourth-order valence-electron chi connectivity index (χ4n) is 3.48. The maximum atomic E-state index is 5.79. The van der Waals surface area contributed by atoms with Gasteiger partial charge < -0.3 is 10.1 Å². The second kappa shape index (κ2) is 8.49. The molecule has 0 spiro atoms. The molecule has 7 nitrogen and oxygen atoms in total. The van der Waals surface area contributed by atoms with E-state index in [1.54, 1.807) is 18.6 Å². The number of aryl methyl sites for hydroxylation is 1. The van der Waals surface area contributed by atoms with Crippen molar-refractivity contribution in [3.05, 3.63) is 60.3 Å². The SMILES string of the molecule is CCOc1cnccc1-c1cc(NCc2ccccn2)c2c(n1)c(C)nn2C(C)C. The molecule has 4 rings (SSSR count). The van der Waals surface area contributed by atoms with E-state index in [2.05, 4.69) is 35.2 Å². The zero-order chi connectivity index (χ0) is 21.1. The van der Waals surface area contributed by atoms with Crippen LogP contribution in [0.2, 0.25) is 0 Å². The molecule has 0 amide bonds. The first-order valence-electron chi connectivity index (χ1n) is 10.2. The van der Waals surface area contributed by atoms with Crippen molar-refractivity contribution in [3.8, 4) is 17.0 Å². The van der Waals surface area contributed by atoms with Crippen LogP contribution in [0.3, 0.4) is 0 Å². The zero-order valence-electron chi connectivity index (χ0n) is 17.8. The summed E-state index contributed by atoms with van der Waals surface area (Å²) < 4.78 is 7.82. The molecule has 0 radical (unpaired) electrons. The molecule has 0 aliphatic carbocycles. The summed E-state index contributed by atoms with van der Waals surface area (Å²) >= 11 is 0. The van der Waals surface area contributed by atoms with E-state index in [1.165, 1.54) is 0 Å². The van der Waals surface area contributed by atoms with E-state index >= 15 is 0 Å². The minimum Gasteiger partial charge on any atom is -0.492 e. The third-order valence-corrected chi connectivity index (χ3v) is 4.86. The standard InChI is InChI=1S/C23H26N6O/c1-5-30-21-14-24-11-9-18(21)19-12-20(26-13-17-8-6-7-10-25-17)23-22(27-19)16(4)28-29(23)15(2)3/h6-12,14-15H,5,13H2,1-4H3,(H,26,27). The molecule has 4 aromatic heterocycles. The van der Waals surface area contributed by atoms with Crippen LogP contribution in [0.5, 0.6) is 5.75 Å². The molecule has 7 heteroatoms. The van der Waals surface area contributed by atoms with Gasteiger partial charge in [-0.1, -0.05) is 6.07 Å². The van der Waals surface area contributed by atoms with Crippen molar-refractivity contribution in [2.24, 2.45) is 0 Å². The van der Waals surface area contributed by atoms with Crippen molar-refractivity contribution in [1.82, 2.24) is 24.7 Å². The molecule has 0 aromatic carbocycles. The second-order valence-electron chi connectivity index (χ2n) is 7.36. The van der Waals surface area contributed by atoms with E-state index in [4.69, 9.17) is 14.8 Å². The summed E-state index contributed by atoms with van der Waals surface area (Å²) in [7, 11) is 0. The maximum absolute atomic E-state index is 5.79. The van der Waals surface area contributed by atoms with E-state index in [1.807, 2.05) is 42.8 Å². The fourth-order valence-corrected chi connectivity index (χ4v) is 3.48. The molecule has 0 saturated carbocycles. The number of nitrogens with one attached hydrogen (secondary N) is 1. The zero-order valence-corrected chi connectivity index (χ0v) is 17.8. The average Bonchev–Trinajstić information content (AvgIpc) is 3.10. The number of nitrogens with zero attached hydrogens (tertiary/aromatic N) is 5. The summed E-state index contributed by atoms with van der Waals surface area (Å²) in [5, 5.41) is 8.31. The van der Waals surface area contributed by atoms with Gasteiger partial charge in [-0.3, -0.25) is 14.6 Å². The number of hydrogen-bond donors (Lipinski definition) is 1. The second-order valence-corrected chi connectivity index (χ2v) is 7.36. The monoisotopic (exact) mass is 402 g/mol. The van der Waals surface area contributed by atoms with E-state index in [-0.39, 0.29) is 6.04 Å². The Kier molecular flexibility index (Phi) is 5.61. The highest BCUT2D eigenvalue weighted by atomic mass is 16.5. The van der Waals surface area contributed by atoms with Crippen LogP contribution >= 0.6 is 0 Å². The van der Waals surface area contributed by atoms with Crippen LogP contribution in [0.1, 0.15) is 38.2 Å². The van der Waals surface area contributed by atoms with Gasteiger partial charge >= 0.3 is 0 Å². The van der Waals surface area contributed by atoms with Gasteiger partial charge in [0.1, 0.15) is 16.8 Å². The van der Waals surface area contributed by atoms with Gasteiger partial charge in [0.2, 0.25) is 0 Å². The van der Waals surface area contributed by atoms with Crippen molar-refractivity contribution in [1.29, 1.82) is 0 Å². The summed E-state index contributed by atoms with van der Waals surface area (Å²) in [6, 6.07) is 10.1. The fraction of sp³-hybridized carbons (Fsp3) is 0.304. The normalized spacial score (nSPS) is 11.2. The van der Waals surface area contributed by atoms with Crippen molar-refractivity contribution in [3.63, 3.8) is 0 Å². The van der Waals surface area contributed by atoms with E-state index in [9.17, 15) is 0 Å². The Morgan fingerprint density at radius 1 is 1.17 bits per heavy atom. The molecule has 4 heterocycles. The number of aromatic nitrogens is 5. The summed E-state index contributed by atoms with van der Waals surface area (Å²) in [5.41, 5.74) is 6.44. The predicted molar refractivity (Wildman–Crippen MR) is 119 cm³/mol. The Bertz CT molecular complexity index is 1150. The van der Waals surface area contributed by atoms with Gasteiger partial charge in [-0.15, -0.1) is 0 Å². The molecule has 154 valence electrons. The first-order chi connectivity index (χ1) is 14.6. The van der Waals surface area contributed by atoms with Crippen LogP contribution in [-0.2, 0) is 6.54 Å². The van der Waals surface area contributed by atoms with E-state index in [0.29, 0.717) is 13.2 Å². The van der Waals surface area contributed by atoms with Crippen LogP contribution in [0.25, 0.3) is 22.3 Å². The van der Waals surface area contributed by atoms with E-state index in [0.717, 1.165) is 45.1 Å². The lowest BCUT2D eigenvalue weighted by Crippen LogP contribution is -2.08. The third kappa shape index (κ3) is 3.83. The first-order valence-corrected chi connectivity index (χ1v) is 10.2. The molecule has 0 fully saturated rings. The van der Waals surface area contributed by atoms with Crippen molar-refractivity contribution in [2.75, 3.05) is 11.9 Å². The van der Waals surface area contributed by atoms with Gasteiger partial charge in [0.05, 0.1) is 42.1 Å². The van der Waals surface area contributed by atoms with Gasteiger partial charge in [-0.25, -0.2) is 4.98 Å². The molecule has 0 unspecified atom stereocenters. The van der Waals surface area contributed by atoms with Gasteiger partial charge in [-0.2, -0.15) is 5.10 Å². The molecule has 0 aliphatic rings. The number of pyridine rings is 3. The Balaban J connectivity index is 1.86. The van der Waals surface area contributed by atoms with Crippen LogP contribution in [0.15, 0.2) is 48.9 Å². The average molecular weight is 403 g/mol. The highest BCUT2D eigenvalue weighted by molar-refractivity contribution is 5.93. The van der Waals surface area contributed by atoms with Gasteiger partial charge in [0, 0.05) is 24.0 Å². The van der Waals surface area contributed by atoms with Crippen LogP contribution in [-0.4, -0.2) is 31.3 Å². The molecular formula is C23H26N6O. The number of hydrogen-bond acceptors (Lipinski definition) is 6. The van der Waals surface area contributed by atoms with Crippen LogP contribution < -0.4 is 10.1 Å². The minimum absolute atomic E-state index is 0.212. The highest BCUT2D eigenvalue weighted by Gasteiger charge is 2.19. The predicted octanol–water partition coefficient (Wildman–Crippen LogP) is 4.79. The van der Waals surface area contributed by atoms with Crippen molar-refractivity contribution < 1.29 is 4.74 Å². The largest absolute Gasteiger partial charge is 0.492 e. The van der Waals surface area contributed by atoms with Crippen LogP contribution in [0.4, 0.5) is 5.69 Å². The number of anilines is 1. The summed E-state index contributed by atoms with van der Waals surface area (Å²) in [5.74, 6) is 0.719. The van der Waals surface area contributed by atoms with Crippen LogP contribution in [0, 0.1) is 6.92 Å². The van der Waals surface area contributed by atoms with Crippen molar-refractivity contribution >= 4 is 16.7 Å². The summed E-state index contributed by atoms with van der Waals surface area (Å²) in [6.07, 6.45) is 5.30. The molecule has 0 aliphatic heterocycles. The van der Waals surface area contributed by atoms with Gasteiger partial charge in [-0.05, 0) is 52.0 Å². The van der Waals surface area contributed by atoms with E-state index < -0.39 is 0 Å². The number of fused-ring (bicyclic) bond motifs is 1. The number of ether oxygens (including phenoxy) is 1. The first kappa shape index (κ1) is 19.8. The lowest BCUT2D eigenvalue weighted by atomic mass is 10.1. The molecule has 30 heavy (non-hydrogen) atoms. The topological polar surface area (TPSA) is 77.8 Å². The highest BCUT2D eigenvalue weighted by Crippen LogP contribution is 2.35. The molecule has 1 N–H and O–H groups in total. The third-order valence-electron chi connectivity index (χ3n) is 4.86.